The van der Waals surface area contributed by atoms with Gasteiger partial charge in [-0.2, -0.15) is 13.2 Å². The SMILES string of the molecule is CCN(CC)P(=O)(C(Cl)C(F)(F)F)N(CC)CC. The highest BCUT2D eigenvalue weighted by Crippen LogP contribution is 2.62. The average Bonchev–Trinajstić information content (AvgIpc) is 2.29. The molecular weight excluding hydrogens is 288 g/mol. The van der Waals surface area contributed by atoms with Crippen molar-refractivity contribution >= 4 is 19.0 Å². The van der Waals surface area contributed by atoms with Crippen LogP contribution in [-0.4, -0.2) is 46.8 Å². The molecule has 8 heteroatoms. The molecule has 0 amide bonds. The smallest absolute Gasteiger partial charge is 0.287 e. The van der Waals surface area contributed by atoms with Gasteiger partial charge in [-0.15, -0.1) is 11.6 Å². The number of nitrogens with zero attached hydrogens (tertiary/aromatic N) is 2. The number of halogens is 4. The van der Waals surface area contributed by atoms with E-state index >= 15 is 0 Å². The molecule has 0 radical (unpaired) electrons. The zero-order chi connectivity index (χ0) is 14.6. The highest BCUT2D eigenvalue weighted by molar-refractivity contribution is 7.61. The van der Waals surface area contributed by atoms with E-state index in [4.69, 9.17) is 11.6 Å². The predicted octanol–water partition coefficient (Wildman–Crippen LogP) is 3.99. The van der Waals surface area contributed by atoms with Gasteiger partial charge in [0.25, 0.3) is 0 Å². The molecule has 1 unspecified atom stereocenters. The first-order valence-corrected chi connectivity index (χ1v) is 8.13. The lowest BCUT2D eigenvalue weighted by atomic mass is 10.7. The number of alkyl halides is 4. The minimum atomic E-state index is -4.68. The zero-order valence-electron chi connectivity index (χ0n) is 11.2. The Bertz CT molecular complexity index is 277. The van der Waals surface area contributed by atoms with Crippen molar-refractivity contribution < 1.29 is 17.7 Å². The lowest BCUT2D eigenvalue weighted by Gasteiger charge is -2.40. The Labute approximate surface area is 112 Å². The molecule has 0 aliphatic rings. The number of rotatable bonds is 7. The topological polar surface area (TPSA) is 23.6 Å². The van der Waals surface area contributed by atoms with Gasteiger partial charge in [-0.25, -0.2) is 9.34 Å². The van der Waals surface area contributed by atoms with Crippen LogP contribution in [0.4, 0.5) is 13.2 Å². The van der Waals surface area contributed by atoms with Gasteiger partial charge in [0, 0.05) is 26.2 Å². The molecule has 0 spiro atoms. The first kappa shape index (κ1) is 18.2. The van der Waals surface area contributed by atoms with Gasteiger partial charge in [-0.1, -0.05) is 27.7 Å². The maximum Gasteiger partial charge on any atom is 0.414 e. The second kappa shape index (κ2) is 7.13. The van der Waals surface area contributed by atoms with Crippen molar-refractivity contribution in [3.8, 4) is 0 Å². The molecular formula is C10H21ClF3N2OP. The third-order valence-corrected chi connectivity index (χ3v) is 7.48. The lowest BCUT2D eigenvalue weighted by molar-refractivity contribution is -0.117. The first-order chi connectivity index (χ1) is 8.19. The van der Waals surface area contributed by atoms with Crippen LogP contribution in [0, 0.1) is 0 Å². The summed E-state index contributed by atoms with van der Waals surface area (Å²) in [5, 5.41) is -2.36. The summed E-state index contributed by atoms with van der Waals surface area (Å²) in [5.41, 5.74) is 0. The third kappa shape index (κ3) is 3.62. The highest BCUT2D eigenvalue weighted by Gasteiger charge is 2.55. The largest absolute Gasteiger partial charge is 0.414 e. The third-order valence-electron chi connectivity index (χ3n) is 2.84. The molecule has 0 aromatic carbocycles. The van der Waals surface area contributed by atoms with Crippen LogP contribution < -0.4 is 0 Å². The highest BCUT2D eigenvalue weighted by atomic mass is 35.5. The first-order valence-electron chi connectivity index (χ1n) is 6.01. The van der Waals surface area contributed by atoms with E-state index in [1.165, 1.54) is 9.34 Å². The van der Waals surface area contributed by atoms with Gasteiger partial charge in [0.1, 0.15) is 0 Å². The van der Waals surface area contributed by atoms with Gasteiger partial charge in [0.05, 0.1) is 0 Å². The summed E-state index contributed by atoms with van der Waals surface area (Å²) in [7, 11) is -3.85. The Morgan fingerprint density at radius 1 is 1.00 bits per heavy atom. The van der Waals surface area contributed by atoms with Gasteiger partial charge in [-0.05, 0) is 0 Å². The molecule has 0 saturated carbocycles. The van der Waals surface area contributed by atoms with Crippen LogP contribution in [-0.2, 0) is 4.57 Å². The van der Waals surface area contributed by atoms with Crippen LogP contribution in [0.1, 0.15) is 27.7 Å². The molecule has 0 aliphatic carbocycles. The maximum absolute atomic E-state index is 12.9. The summed E-state index contributed by atoms with van der Waals surface area (Å²) in [6, 6.07) is 0. The molecule has 0 aliphatic heterocycles. The van der Waals surface area contributed by atoms with E-state index < -0.39 is 18.7 Å². The fourth-order valence-electron chi connectivity index (χ4n) is 1.91. The van der Waals surface area contributed by atoms with E-state index in [2.05, 4.69) is 0 Å². The minimum Gasteiger partial charge on any atom is -0.287 e. The summed E-state index contributed by atoms with van der Waals surface area (Å²) in [6.07, 6.45) is -4.68. The van der Waals surface area contributed by atoms with Crippen molar-refractivity contribution in [3.63, 3.8) is 0 Å². The number of hydrogen-bond donors (Lipinski definition) is 0. The zero-order valence-corrected chi connectivity index (χ0v) is 12.8. The Balaban J connectivity index is 5.61. The molecule has 0 fully saturated rings. The molecule has 0 heterocycles. The van der Waals surface area contributed by atoms with E-state index in [1.807, 2.05) is 0 Å². The Hall–Kier alpha value is 0.230. The minimum absolute atomic E-state index is 0.267. The molecule has 110 valence electrons. The predicted molar refractivity (Wildman–Crippen MR) is 69.1 cm³/mol. The van der Waals surface area contributed by atoms with Crippen molar-refractivity contribution in [1.82, 2.24) is 9.34 Å². The van der Waals surface area contributed by atoms with Gasteiger partial charge >= 0.3 is 6.18 Å². The summed E-state index contributed by atoms with van der Waals surface area (Å²) in [5.74, 6) is 0. The van der Waals surface area contributed by atoms with Crippen LogP contribution in [0.2, 0.25) is 0 Å². The van der Waals surface area contributed by atoms with E-state index in [0.717, 1.165) is 0 Å². The van der Waals surface area contributed by atoms with Crippen LogP contribution in [0.25, 0.3) is 0 Å². The van der Waals surface area contributed by atoms with Gasteiger partial charge < -0.3 is 0 Å². The Morgan fingerprint density at radius 2 is 1.28 bits per heavy atom. The molecule has 0 rings (SSSR count). The standard InChI is InChI=1S/C10H21ClF3N2OP/c1-5-15(6-2)18(17,16(7-3)8-4)9(11)10(12,13)14/h9H,5-8H2,1-4H3. The van der Waals surface area contributed by atoms with E-state index in [-0.39, 0.29) is 26.2 Å². The van der Waals surface area contributed by atoms with Gasteiger partial charge in [0.15, 0.2) is 0 Å². The summed E-state index contributed by atoms with van der Waals surface area (Å²) < 4.78 is 54.1. The van der Waals surface area contributed by atoms with Crippen LogP contribution in [0.15, 0.2) is 0 Å². The molecule has 0 aromatic heterocycles. The van der Waals surface area contributed by atoms with Crippen LogP contribution >= 0.6 is 19.0 Å². The van der Waals surface area contributed by atoms with E-state index in [1.54, 1.807) is 27.7 Å². The van der Waals surface area contributed by atoms with Crippen LogP contribution in [0.3, 0.4) is 0 Å². The molecule has 3 nitrogen and oxygen atoms in total. The van der Waals surface area contributed by atoms with Crippen molar-refractivity contribution in [2.45, 2.75) is 39.0 Å². The summed E-state index contributed by atoms with van der Waals surface area (Å²) in [6.45, 7) is 7.79. The molecule has 1 atom stereocenters. The molecule has 0 N–H and O–H groups in total. The quantitative estimate of drug-likeness (QED) is 0.525. The van der Waals surface area contributed by atoms with E-state index in [0.29, 0.717) is 0 Å². The van der Waals surface area contributed by atoms with Crippen LogP contribution in [0.5, 0.6) is 0 Å². The maximum atomic E-state index is 12.9. The van der Waals surface area contributed by atoms with E-state index in [9.17, 15) is 17.7 Å². The normalized spacial score (nSPS) is 15.4. The molecule has 0 aromatic rings. The lowest BCUT2D eigenvalue weighted by Crippen LogP contribution is -2.40. The average molecular weight is 309 g/mol. The van der Waals surface area contributed by atoms with Crippen molar-refractivity contribution in [1.29, 1.82) is 0 Å². The van der Waals surface area contributed by atoms with Gasteiger partial charge in [-0.3, -0.25) is 4.57 Å². The molecule has 0 saturated heterocycles. The summed E-state index contributed by atoms with van der Waals surface area (Å²) >= 11 is 5.50. The number of hydrogen-bond acceptors (Lipinski definition) is 1. The van der Waals surface area contributed by atoms with Crippen molar-refractivity contribution in [2.75, 3.05) is 26.2 Å². The fraction of sp³-hybridized carbons (Fsp3) is 1.00. The Morgan fingerprint density at radius 3 is 1.44 bits per heavy atom. The van der Waals surface area contributed by atoms with Crippen molar-refractivity contribution in [3.05, 3.63) is 0 Å². The second-order valence-corrected chi connectivity index (χ2v) is 7.31. The summed E-state index contributed by atoms with van der Waals surface area (Å²) in [4.78, 5) is 0. The van der Waals surface area contributed by atoms with Gasteiger partial charge in [0.2, 0.25) is 12.6 Å². The Kier molecular flexibility index (Phi) is 7.22. The molecule has 0 bridgehead atoms. The monoisotopic (exact) mass is 308 g/mol. The molecule has 18 heavy (non-hydrogen) atoms. The van der Waals surface area contributed by atoms with Crippen molar-refractivity contribution in [2.24, 2.45) is 0 Å². The fourth-order valence-corrected chi connectivity index (χ4v) is 5.59. The second-order valence-electron chi connectivity index (χ2n) is 3.74.